The molecule has 0 radical (unpaired) electrons. The zero-order chi connectivity index (χ0) is 16.5. The zero-order valence-corrected chi connectivity index (χ0v) is 13.6. The van der Waals surface area contributed by atoms with E-state index in [1.165, 1.54) is 29.3 Å². The van der Waals surface area contributed by atoms with Gasteiger partial charge in [-0.25, -0.2) is 14.3 Å². The van der Waals surface area contributed by atoms with Crippen LogP contribution in [0.5, 0.6) is 5.75 Å². The summed E-state index contributed by atoms with van der Waals surface area (Å²) in [6.07, 6.45) is 1.42. The minimum absolute atomic E-state index is 0.242. The summed E-state index contributed by atoms with van der Waals surface area (Å²) in [4.78, 5) is 16.6. The van der Waals surface area contributed by atoms with Crippen molar-refractivity contribution >= 4 is 33.0 Å². The second kappa shape index (κ2) is 5.93. The number of carbonyl (C=O) groups excluding carboxylic acids is 1. The van der Waals surface area contributed by atoms with Gasteiger partial charge in [0.2, 0.25) is 0 Å². The van der Waals surface area contributed by atoms with E-state index in [-0.39, 0.29) is 5.69 Å². The van der Waals surface area contributed by atoms with E-state index in [4.69, 9.17) is 9.47 Å². The molecule has 6 nitrogen and oxygen atoms in total. The Morgan fingerprint density at radius 1 is 1.25 bits per heavy atom. The number of methoxy groups -OCH3 is 1. The number of esters is 1. The van der Waals surface area contributed by atoms with E-state index in [1.54, 1.807) is 0 Å². The average molecular weight is 339 g/mol. The number of benzene rings is 1. The predicted molar refractivity (Wildman–Crippen MR) is 90.5 cm³/mol. The maximum absolute atomic E-state index is 12.3. The van der Waals surface area contributed by atoms with Crippen LogP contribution in [0.2, 0.25) is 0 Å². The van der Waals surface area contributed by atoms with Crippen LogP contribution >= 0.6 is 11.3 Å². The fourth-order valence-electron chi connectivity index (χ4n) is 2.60. The second-order valence-electron chi connectivity index (χ2n) is 5.10. The molecule has 7 heteroatoms. The molecule has 0 aliphatic heterocycles. The van der Waals surface area contributed by atoms with Gasteiger partial charge in [-0.15, -0.1) is 11.3 Å². The Balaban J connectivity index is 1.90. The Labute approximate surface area is 141 Å². The van der Waals surface area contributed by atoms with Crippen molar-refractivity contribution < 1.29 is 14.3 Å². The van der Waals surface area contributed by atoms with Gasteiger partial charge in [0.25, 0.3) is 0 Å². The highest BCUT2D eigenvalue weighted by molar-refractivity contribution is 7.18. The summed E-state index contributed by atoms with van der Waals surface area (Å²) in [7, 11) is 1.34. The van der Waals surface area contributed by atoms with Crippen molar-refractivity contribution in [3.8, 4) is 5.75 Å². The number of nitrogens with zero attached hydrogens (tertiary/aromatic N) is 3. The summed E-state index contributed by atoms with van der Waals surface area (Å²) in [5, 5.41) is 6.94. The van der Waals surface area contributed by atoms with E-state index in [2.05, 4.69) is 10.1 Å². The van der Waals surface area contributed by atoms with Crippen LogP contribution in [0.25, 0.3) is 15.7 Å². The highest BCUT2D eigenvalue weighted by Crippen LogP contribution is 2.36. The van der Waals surface area contributed by atoms with Crippen molar-refractivity contribution in [2.75, 3.05) is 7.11 Å². The number of thiophene rings is 1. The molecule has 0 saturated heterocycles. The van der Waals surface area contributed by atoms with Crippen molar-refractivity contribution in [2.45, 2.75) is 6.61 Å². The third-order valence-electron chi connectivity index (χ3n) is 3.69. The predicted octanol–water partition coefficient (Wildman–Crippen LogP) is 3.31. The van der Waals surface area contributed by atoms with Crippen LogP contribution in [0.15, 0.2) is 48.1 Å². The number of hydrogen-bond donors (Lipinski definition) is 0. The third-order valence-corrected chi connectivity index (χ3v) is 4.60. The molecule has 24 heavy (non-hydrogen) atoms. The fourth-order valence-corrected chi connectivity index (χ4v) is 3.47. The Kier molecular flexibility index (Phi) is 3.62. The van der Waals surface area contributed by atoms with E-state index in [9.17, 15) is 4.79 Å². The van der Waals surface area contributed by atoms with Crippen molar-refractivity contribution in [1.82, 2.24) is 14.6 Å². The van der Waals surface area contributed by atoms with Gasteiger partial charge in [-0.1, -0.05) is 30.3 Å². The number of pyridine rings is 1. The Morgan fingerprint density at radius 3 is 2.88 bits per heavy atom. The molecule has 0 saturated carbocycles. The summed E-state index contributed by atoms with van der Waals surface area (Å²) in [6, 6.07) is 11.7. The Morgan fingerprint density at radius 2 is 2.08 bits per heavy atom. The maximum Gasteiger partial charge on any atom is 0.360 e. The first-order valence-electron chi connectivity index (χ1n) is 7.27. The Hall–Kier alpha value is -2.93. The van der Waals surface area contributed by atoms with Gasteiger partial charge in [0, 0.05) is 5.39 Å². The molecule has 0 bridgehead atoms. The first-order chi connectivity index (χ1) is 11.8. The normalized spacial score (nSPS) is 11.0. The van der Waals surface area contributed by atoms with Crippen molar-refractivity contribution in [3.05, 3.63) is 59.4 Å². The van der Waals surface area contributed by atoms with Crippen LogP contribution in [0.1, 0.15) is 16.1 Å². The van der Waals surface area contributed by atoms with Gasteiger partial charge in [-0.05, 0) is 17.0 Å². The molecule has 0 amide bonds. The quantitative estimate of drug-likeness (QED) is 0.534. The van der Waals surface area contributed by atoms with Crippen molar-refractivity contribution in [3.63, 3.8) is 0 Å². The van der Waals surface area contributed by atoms with E-state index in [0.29, 0.717) is 18.0 Å². The monoisotopic (exact) mass is 339 g/mol. The van der Waals surface area contributed by atoms with Gasteiger partial charge in [-0.2, -0.15) is 5.10 Å². The lowest BCUT2D eigenvalue weighted by atomic mass is 10.2. The molecule has 0 aliphatic rings. The molecule has 4 aromatic rings. The summed E-state index contributed by atoms with van der Waals surface area (Å²) in [5.41, 5.74) is 1.87. The van der Waals surface area contributed by atoms with Gasteiger partial charge in [0.1, 0.15) is 12.9 Å². The number of hydrogen-bond acceptors (Lipinski definition) is 6. The van der Waals surface area contributed by atoms with Gasteiger partial charge >= 0.3 is 5.97 Å². The summed E-state index contributed by atoms with van der Waals surface area (Å²) < 4.78 is 13.3. The highest BCUT2D eigenvalue weighted by Gasteiger charge is 2.24. The fraction of sp³-hybridized carbons (Fsp3) is 0.118. The molecular weight excluding hydrogens is 326 g/mol. The molecule has 0 atom stereocenters. The van der Waals surface area contributed by atoms with Crippen LogP contribution in [0.4, 0.5) is 0 Å². The molecule has 0 spiro atoms. The standard InChI is InChI=1S/C17H13N3O3S/c1-22-17(21)13-14(23-9-11-5-3-2-4-6-11)12-7-8-24-15(12)16-18-10-19-20(13)16/h2-8,10H,9H2,1H3. The Bertz CT molecular complexity index is 1020. The first-order valence-corrected chi connectivity index (χ1v) is 8.15. The number of rotatable bonds is 4. The number of carbonyl (C=O) groups is 1. The molecule has 120 valence electrons. The van der Waals surface area contributed by atoms with E-state index in [1.807, 2.05) is 41.8 Å². The highest BCUT2D eigenvalue weighted by atomic mass is 32.1. The van der Waals surface area contributed by atoms with Crippen molar-refractivity contribution in [2.24, 2.45) is 0 Å². The van der Waals surface area contributed by atoms with Gasteiger partial charge < -0.3 is 9.47 Å². The summed E-state index contributed by atoms with van der Waals surface area (Å²) >= 11 is 1.53. The van der Waals surface area contributed by atoms with Crippen LogP contribution in [0.3, 0.4) is 0 Å². The second-order valence-corrected chi connectivity index (χ2v) is 6.02. The van der Waals surface area contributed by atoms with Crippen LogP contribution < -0.4 is 4.74 Å². The first kappa shape index (κ1) is 14.6. The molecule has 3 aromatic heterocycles. The minimum Gasteiger partial charge on any atom is -0.486 e. The van der Waals surface area contributed by atoms with E-state index in [0.717, 1.165) is 15.6 Å². The van der Waals surface area contributed by atoms with E-state index < -0.39 is 5.97 Å². The maximum atomic E-state index is 12.3. The van der Waals surface area contributed by atoms with Gasteiger partial charge in [-0.3, -0.25) is 0 Å². The molecule has 0 unspecified atom stereocenters. The molecule has 0 fully saturated rings. The average Bonchev–Trinajstić information content (AvgIpc) is 3.28. The number of ether oxygens (including phenoxy) is 2. The molecule has 1 aromatic carbocycles. The lowest BCUT2D eigenvalue weighted by molar-refractivity contribution is 0.0585. The molecular formula is C17H13N3O3S. The van der Waals surface area contributed by atoms with Crippen molar-refractivity contribution in [1.29, 1.82) is 0 Å². The number of fused-ring (bicyclic) bond motifs is 3. The molecule has 4 rings (SSSR count). The van der Waals surface area contributed by atoms with Gasteiger partial charge in [0.15, 0.2) is 17.1 Å². The molecule has 0 N–H and O–H groups in total. The molecule has 3 heterocycles. The van der Waals surface area contributed by atoms with Crippen LogP contribution in [-0.4, -0.2) is 27.7 Å². The third kappa shape index (κ3) is 2.30. The van der Waals surface area contributed by atoms with Crippen LogP contribution in [-0.2, 0) is 11.3 Å². The lowest BCUT2D eigenvalue weighted by Crippen LogP contribution is -2.13. The smallest absolute Gasteiger partial charge is 0.360 e. The summed E-state index contributed by atoms with van der Waals surface area (Å²) in [5.74, 6) is -0.0541. The number of aromatic nitrogens is 3. The zero-order valence-electron chi connectivity index (χ0n) is 12.8. The van der Waals surface area contributed by atoms with Crippen LogP contribution in [0, 0.1) is 0 Å². The topological polar surface area (TPSA) is 65.7 Å². The molecule has 0 aliphatic carbocycles. The SMILES string of the molecule is COC(=O)c1c(OCc2ccccc2)c2ccsc2c2ncnn12. The van der Waals surface area contributed by atoms with Gasteiger partial charge in [0.05, 0.1) is 11.8 Å². The summed E-state index contributed by atoms with van der Waals surface area (Å²) in [6.45, 7) is 0.343. The van der Waals surface area contributed by atoms with E-state index >= 15 is 0 Å². The lowest BCUT2D eigenvalue weighted by Gasteiger charge is -2.13. The minimum atomic E-state index is -0.512. The largest absolute Gasteiger partial charge is 0.486 e.